The number of benzene rings is 2. The van der Waals surface area contributed by atoms with Gasteiger partial charge in [0.15, 0.2) is 0 Å². The number of carbonyl (C=O) groups excluding carboxylic acids is 1. The van der Waals surface area contributed by atoms with Crippen molar-refractivity contribution >= 4 is 17.6 Å². The average molecular weight is 447 g/mol. The number of H-pyrrole nitrogens is 1. The fourth-order valence-electron chi connectivity index (χ4n) is 3.08. The van der Waals surface area contributed by atoms with E-state index < -0.39 is 17.6 Å². The van der Waals surface area contributed by atoms with Gasteiger partial charge in [0, 0.05) is 17.4 Å². The molecule has 1 amide bonds. The van der Waals surface area contributed by atoms with Crippen LogP contribution in [0.3, 0.4) is 0 Å². The van der Waals surface area contributed by atoms with Crippen molar-refractivity contribution in [2.24, 2.45) is 5.41 Å². The van der Waals surface area contributed by atoms with E-state index in [4.69, 9.17) is 14.6 Å². The highest BCUT2D eigenvalue weighted by Gasteiger charge is 2.39. The number of rotatable bonds is 3. The first kappa shape index (κ1) is 22.9. The molecule has 4 rings (SSSR count). The molecule has 1 atom stereocenters. The third-order valence-electron chi connectivity index (χ3n) is 4.86. The fraction of sp³-hybridized carbons (Fsp3) is 0.227. The number of ether oxygens (including phenoxy) is 1. The molecule has 1 unspecified atom stereocenters. The lowest BCUT2D eigenvalue weighted by Gasteiger charge is -2.33. The Morgan fingerprint density at radius 2 is 1.78 bits per heavy atom. The first-order valence-electron chi connectivity index (χ1n) is 9.50. The largest absolute Gasteiger partial charge is 0.492 e. The minimum Gasteiger partial charge on any atom is -0.492 e. The van der Waals surface area contributed by atoms with E-state index in [2.05, 4.69) is 15.5 Å². The van der Waals surface area contributed by atoms with E-state index >= 15 is 0 Å². The Kier molecular flexibility index (Phi) is 6.52. The van der Waals surface area contributed by atoms with Crippen LogP contribution in [0.2, 0.25) is 0 Å². The van der Waals surface area contributed by atoms with Gasteiger partial charge in [0.2, 0.25) is 5.91 Å². The maximum Gasteiger partial charge on any atom is 0.490 e. The molecule has 0 fully saturated rings. The number of hydrogen-bond donors (Lipinski definition) is 3. The molecule has 1 aromatic heterocycles. The molecule has 1 aliphatic rings. The van der Waals surface area contributed by atoms with Crippen LogP contribution >= 0.6 is 0 Å². The van der Waals surface area contributed by atoms with E-state index in [0.717, 1.165) is 28.1 Å². The molecule has 3 N–H and O–H groups in total. The standard InChI is InChI=1S/C20H19N3O2.C2HF3O2/c1-20(10-15-4-2-3-5-18(15)25-13-20)19(24)23-17-8-6-14(7-9-17)16-11-21-22-12-16;3-2(4,5)1(6)7/h2-9,11-12H,10,13H2,1H3,(H,21,22)(H,23,24);(H,6,7). The van der Waals surface area contributed by atoms with E-state index in [1.54, 1.807) is 6.20 Å². The number of halogens is 3. The lowest BCUT2D eigenvalue weighted by atomic mass is 9.81. The summed E-state index contributed by atoms with van der Waals surface area (Å²) < 4.78 is 37.5. The second-order valence-electron chi connectivity index (χ2n) is 7.46. The smallest absolute Gasteiger partial charge is 0.490 e. The van der Waals surface area contributed by atoms with Crippen molar-refractivity contribution in [3.05, 3.63) is 66.5 Å². The molecular formula is C22H20F3N3O4. The molecule has 2 heterocycles. The molecule has 2 aromatic carbocycles. The number of aliphatic carboxylic acids is 1. The molecule has 0 radical (unpaired) electrons. The highest BCUT2D eigenvalue weighted by atomic mass is 19.4. The molecule has 3 aromatic rings. The number of para-hydroxylation sites is 1. The van der Waals surface area contributed by atoms with Crippen molar-refractivity contribution in [1.29, 1.82) is 0 Å². The lowest BCUT2D eigenvalue weighted by molar-refractivity contribution is -0.192. The van der Waals surface area contributed by atoms with E-state index in [1.165, 1.54) is 0 Å². The summed E-state index contributed by atoms with van der Waals surface area (Å²) in [5.74, 6) is -1.91. The molecule has 1 aliphatic heterocycles. The maximum absolute atomic E-state index is 12.8. The minimum absolute atomic E-state index is 0.0296. The molecule has 0 saturated heterocycles. The number of anilines is 1. The van der Waals surface area contributed by atoms with Gasteiger partial charge in [0.1, 0.15) is 12.4 Å². The van der Waals surface area contributed by atoms with Crippen molar-refractivity contribution in [2.75, 3.05) is 11.9 Å². The first-order chi connectivity index (χ1) is 15.1. The van der Waals surface area contributed by atoms with Crippen LogP contribution in [0.15, 0.2) is 60.9 Å². The Morgan fingerprint density at radius 1 is 1.12 bits per heavy atom. The zero-order valence-corrected chi connectivity index (χ0v) is 16.9. The van der Waals surface area contributed by atoms with Crippen molar-refractivity contribution < 1.29 is 32.6 Å². The van der Waals surface area contributed by atoms with Crippen molar-refractivity contribution in [1.82, 2.24) is 10.2 Å². The second-order valence-corrected chi connectivity index (χ2v) is 7.46. The number of aromatic nitrogens is 2. The van der Waals surface area contributed by atoms with Crippen LogP contribution in [0, 0.1) is 5.41 Å². The summed E-state index contributed by atoms with van der Waals surface area (Å²) in [5.41, 5.74) is 3.33. The second kappa shape index (κ2) is 9.13. The normalized spacial score (nSPS) is 17.2. The average Bonchev–Trinajstić information content (AvgIpc) is 3.29. The van der Waals surface area contributed by atoms with E-state index in [-0.39, 0.29) is 5.91 Å². The summed E-state index contributed by atoms with van der Waals surface area (Å²) in [4.78, 5) is 21.7. The Hall–Kier alpha value is -3.82. The molecule has 0 spiro atoms. The lowest BCUT2D eigenvalue weighted by Crippen LogP contribution is -2.42. The van der Waals surface area contributed by atoms with Crippen LogP contribution in [0.25, 0.3) is 11.1 Å². The van der Waals surface area contributed by atoms with Gasteiger partial charge in [0.25, 0.3) is 0 Å². The highest BCUT2D eigenvalue weighted by Crippen LogP contribution is 2.35. The van der Waals surface area contributed by atoms with Gasteiger partial charge in [-0.05, 0) is 42.7 Å². The summed E-state index contributed by atoms with van der Waals surface area (Å²) in [7, 11) is 0. The van der Waals surface area contributed by atoms with Crippen molar-refractivity contribution in [3.63, 3.8) is 0 Å². The monoisotopic (exact) mass is 447 g/mol. The number of carboxylic acid groups (broad SMARTS) is 1. The van der Waals surface area contributed by atoms with Gasteiger partial charge in [-0.1, -0.05) is 30.3 Å². The Bertz CT molecular complexity index is 1080. The number of amides is 1. The number of fused-ring (bicyclic) bond motifs is 1. The fourth-order valence-corrected chi connectivity index (χ4v) is 3.08. The third kappa shape index (κ3) is 5.45. The van der Waals surface area contributed by atoms with Crippen molar-refractivity contribution in [2.45, 2.75) is 19.5 Å². The predicted octanol–water partition coefficient (Wildman–Crippen LogP) is 4.29. The van der Waals surface area contributed by atoms with Crippen LogP contribution in [0.1, 0.15) is 12.5 Å². The Balaban J connectivity index is 0.000000360. The molecule has 0 saturated carbocycles. The molecule has 32 heavy (non-hydrogen) atoms. The molecule has 0 bridgehead atoms. The van der Waals surface area contributed by atoms with E-state index in [9.17, 15) is 18.0 Å². The summed E-state index contributed by atoms with van der Waals surface area (Å²) in [6.45, 7) is 2.32. The van der Waals surface area contributed by atoms with Crippen LogP contribution in [0.4, 0.5) is 18.9 Å². The Morgan fingerprint density at radius 3 is 2.38 bits per heavy atom. The molecule has 168 valence electrons. The van der Waals surface area contributed by atoms with Gasteiger partial charge in [0.05, 0.1) is 11.6 Å². The first-order valence-corrected chi connectivity index (χ1v) is 9.50. The SMILES string of the molecule is CC1(C(=O)Nc2ccc(-c3cn[nH]c3)cc2)COc2ccccc2C1.O=C(O)C(F)(F)F. The van der Waals surface area contributed by atoms with Gasteiger partial charge in [-0.2, -0.15) is 18.3 Å². The van der Waals surface area contributed by atoms with Gasteiger partial charge < -0.3 is 15.2 Å². The zero-order valence-electron chi connectivity index (χ0n) is 16.9. The zero-order chi connectivity index (χ0) is 23.4. The number of carboxylic acids is 1. The quantitative estimate of drug-likeness (QED) is 0.556. The maximum atomic E-state index is 12.8. The molecule has 0 aliphatic carbocycles. The molecule has 7 nitrogen and oxygen atoms in total. The van der Waals surface area contributed by atoms with Crippen LogP contribution in [-0.2, 0) is 16.0 Å². The topological polar surface area (TPSA) is 104 Å². The Labute approximate surface area is 181 Å². The van der Waals surface area contributed by atoms with Gasteiger partial charge in [-0.15, -0.1) is 0 Å². The van der Waals surface area contributed by atoms with Gasteiger partial charge in [-0.3, -0.25) is 9.89 Å². The molecule has 10 heteroatoms. The number of nitrogens with one attached hydrogen (secondary N) is 2. The van der Waals surface area contributed by atoms with Gasteiger partial charge in [-0.25, -0.2) is 4.79 Å². The number of carbonyl (C=O) groups is 2. The number of hydrogen-bond acceptors (Lipinski definition) is 4. The minimum atomic E-state index is -5.08. The number of aromatic amines is 1. The third-order valence-corrected chi connectivity index (χ3v) is 4.86. The number of alkyl halides is 3. The van der Waals surface area contributed by atoms with Gasteiger partial charge >= 0.3 is 12.1 Å². The summed E-state index contributed by atoms with van der Waals surface area (Å²) >= 11 is 0. The summed E-state index contributed by atoms with van der Waals surface area (Å²) in [5, 5.41) is 16.9. The van der Waals surface area contributed by atoms with Crippen LogP contribution in [-0.4, -0.2) is 40.0 Å². The predicted molar refractivity (Wildman–Crippen MR) is 110 cm³/mol. The van der Waals surface area contributed by atoms with Crippen LogP contribution < -0.4 is 10.1 Å². The van der Waals surface area contributed by atoms with Crippen molar-refractivity contribution in [3.8, 4) is 16.9 Å². The van der Waals surface area contributed by atoms with E-state index in [1.807, 2.05) is 61.7 Å². The van der Waals surface area contributed by atoms with Crippen LogP contribution in [0.5, 0.6) is 5.75 Å². The highest BCUT2D eigenvalue weighted by molar-refractivity contribution is 5.95. The summed E-state index contributed by atoms with van der Waals surface area (Å²) in [6.07, 6.45) is -0.807. The summed E-state index contributed by atoms with van der Waals surface area (Å²) in [6, 6.07) is 15.6. The van der Waals surface area contributed by atoms with E-state index in [0.29, 0.717) is 13.0 Å². The molecular weight excluding hydrogens is 427 g/mol. The number of nitrogens with zero attached hydrogens (tertiary/aromatic N) is 1.